The molecule has 0 rings (SSSR count). The van der Waals surface area contributed by atoms with Crippen LogP contribution in [0.1, 0.15) is 159 Å². The number of aliphatic carboxylic acids is 1. The Hall–Kier alpha value is -2.09. The van der Waals surface area contributed by atoms with Crippen molar-refractivity contribution < 1.29 is 9.90 Å². The van der Waals surface area contributed by atoms with E-state index in [0.29, 0.717) is 6.42 Å². The van der Waals surface area contributed by atoms with E-state index in [0.717, 1.165) is 19.3 Å². The third kappa shape index (κ3) is 33.9. The molecule has 0 saturated heterocycles. The molecule has 0 saturated carbocycles. The molecule has 0 bridgehead atoms. The standard InChI is InChI=1S/C30H50.C7H14O2/c1-25(2)15-11-19-29(7)23-13-21-27(5)17-9-10-18-28(6)22-14-24-30(8)20-12-16-26(3)4;1-2-3-4-5-6-7(8)9/h15-18,23-24H,9-14,19-22H2,1-8H3;2-6H2,1H3,(H,8,9)/b27-17+,28-18+,29-23+,30-24+;. The molecule has 0 heterocycles. The van der Waals surface area contributed by atoms with Crippen molar-refractivity contribution in [1.82, 2.24) is 0 Å². The molecule has 0 aromatic carbocycles. The van der Waals surface area contributed by atoms with E-state index in [1.807, 2.05) is 0 Å². The largest absolute Gasteiger partial charge is 0.481 e. The fourth-order valence-corrected chi connectivity index (χ4v) is 4.04. The first-order valence-corrected chi connectivity index (χ1v) is 15.6. The van der Waals surface area contributed by atoms with Crippen molar-refractivity contribution in [3.05, 3.63) is 69.9 Å². The van der Waals surface area contributed by atoms with E-state index in [2.05, 4.69) is 98.8 Å². The molecule has 0 fully saturated rings. The van der Waals surface area contributed by atoms with Gasteiger partial charge in [-0.05, 0) is 126 Å². The van der Waals surface area contributed by atoms with E-state index in [-0.39, 0.29) is 0 Å². The molecule has 0 aliphatic carbocycles. The minimum Gasteiger partial charge on any atom is -0.481 e. The summed E-state index contributed by atoms with van der Waals surface area (Å²) in [4.78, 5) is 9.96. The Morgan fingerprint density at radius 2 is 0.795 bits per heavy atom. The van der Waals surface area contributed by atoms with Crippen LogP contribution in [0.2, 0.25) is 0 Å². The summed E-state index contributed by atoms with van der Waals surface area (Å²) in [6.07, 6.45) is 30.8. The minimum atomic E-state index is -0.675. The van der Waals surface area contributed by atoms with Gasteiger partial charge in [0.25, 0.3) is 0 Å². The average molecular weight is 541 g/mol. The second kappa shape index (κ2) is 27.5. The topological polar surface area (TPSA) is 37.3 Å². The van der Waals surface area contributed by atoms with Gasteiger partial charge in [0.1, 0.15) is 0 Å². The van der Waals surface area contributed by atoms with Crippen molar-refractivity contribution in [1.29, 1.82) is 0 Å². The Balaban J connectivity index is 0. The number of carbonyl (C=O) groups is 1. The zero-order valence-electron chi connectivity index (χ0n) is 27.4. The Morgan fingerprint density at radius 1 is 0.462 bits per heavy atom. The first kappa shape index (κ1) is 39.1. The number of hydrogen-bond acceptors (Lipinski definition) is 1. The van der Waals surface area contributed by atoms with Crippen LogP contribution in [0.15, 0.2) is 69.9 Å². The SMILES string of the molecule is CC(C)=CCC/C(C)=C/CC/C(C)=C/CC/C=C(\C)CC/C=C(\C)CCC=C(C)C.CCCCCCC(=O)O. The van der Waals surface area contributed by atoms with Gasteiger partial charge in [-0.15, -0.1) is 0 Å². The molecule has 0 aromatic rings. The van der Waals surface area contributed by atoms with Gasteiger partial charge in [0.15, 0.2) is 0 Å². The molecule has 0 amide bonds. The van der Waals surface area contributed by atoms with Crippen molar-refractivity contribution in [2.75, 3.05) is 0 Å². The van der Waals surface area contributed by atoms with E-state index >= 15 is 0 Å². The molecule has 0 aliphatic rings. The maximum absolute atomic E-state index is 9.96. The maximum atomic E-state index is 9.96. The molecule has 0 atom stereocenters. The summed E-state index contributed by atoms with van der Waals surface area (Å²) >= 11 is 0. The van der Waals surface area contributed by atoms with E-state index in [4.69, 9.17) is 5.11 Å². The summed E-state index contributed by atoms with van der Waals surface area (Å²) < 4.78 is 0. The van der Waals surface area contributed by atoms with E-state index in [1.165, 1.54) is 104 Å². The van der Waals surface area contributed by atoms with Gasteiger partial charge < -0.3 is 5.11 Å². The first-order chi connectivity index (χ1) is 18.5. The van der Waals surface area contributed by atoms with Crippen LogP contribution in [0.4, 0.5) is 0 Å². The molecule has 39 heavy (non-hydrogen) atoms. The minimum absolute atomic E-state index is 0.333. The van der Waals surface area contributed by atoms with E-state index in [9.17, 15) is 4.79 Å². The number of hydrogen-bond donors (Lipinski definition) is 1. The third-order valence-corrected chi connectivity index (χ3v) is 6.64. The van der Waals surface area contributed by atoms with Gasteiger partial charge in [0, 0.05) is 6.42 Å². The van der Waals surface area contributed by atoms with Gasteiger partial charge in [-0.2, -0.15) is 0 Å². The van der Waals surface area contributed by atoms with Crippen LogP contribution in [0.3, 0.4) is 0 Å². The summed E-state index contributed by atoms with van der Waals surface area (Å²) in [5, 5.41) is 8.21. The van der Waals surface area contributed by atoms with Crippen LogP contribution in [0.5, 0.6) is 0 Å². The highest BCUT2D eigenvalue weighted by Gasteiger charge is 1.95. The first-order valence-electron chi connectivity index (χ1n) is 15.6. The Morgan fingerprint density at radius 3 is 1.10 bits per heavy atom. The monoisotopic (exact) mass is 540 g/mol. The van der Waals surface area contributed by atoms with Crippen molar-refractivity contribution in [2.24, 2.45) is 0 Å². The molecule has 2 nitrogen and oxygen atoms in total. The summed E-state index contributed by atoms with van der Waals surface area (Å²) in [7, 11) is 0. The van der Waals surface area contributed by atoms with Gasteiger partial charge in [-0.3, -0.25) is 4.79 Å². The smallest absolute Gasteiger partial charge is 0.303 e. The fraction of sp³-hybridized carbons (Fsp3) is 0.649. The van der Waals surface area contributed by atoms with Crippen molar-refractivity contribution >= 4 is 5.97 Å². The highest BCUT2D eigenvalue weighted by molar-refractivity contribution is 5.66. The lowest BCUT2D eigenvalue weighted by atomic mass is 10.0. The Bertz CT molecular complexity index is 748. The van der Waals surface area contributed by atoms with Gasteiger partial charge in [-0.25, -0.2) is 0 Å². The van der Waals surface area contributed by atoms with E-state index < -0.39 is 5.97 Å². The van der Waals surface area contributed by atoms with Crippen LogP contribution in [0.25, 0.3) is 0 Å². The van der Waals surface area contributed by atoms with Gasteiger partial charge in [-0.1, -0.05) is 96.1 Å². The van der Waals surface area contributed by atoms with Crippen LogP contribution < -0.4 is 0 Å². The molecule has 0 spiro atoms. The maximum Gasteiger partial charge on any atom is 0.303 e. The number of carboxylic acid groups (broad SMARTS) is 1. The quantitative estimate of drug-likeness (QED) is 0.123. The predicted octanol–water partition coefficient (Wildman–Crippen LogP) is 12.6. The van der Waals surface area contributed by atoms with Crippen LogP contribution in [-0.2, 0) is 4.79 Å². The third-order valence-electron chi connectivity index (χ3n) is 6.64. The van der Waals surface area contributed by atoms with Crippen molar-refractivity contribution in [2.45, 2.75) is 159 Å². The van der Waals surface area contributed by atoms with Crippen LogP contribution in [0, 0.1) is 0 Å². The number of rotatable bonds is 20. The van der Waals surface area contributed by atoms with Crippen LogP contribution >= 0.6 is 0 Å². The Labute approximate surface area is 244 Å². The summed E-state index contributed by atoms with van der Waals surface area (Å²) in [5.41, 5.74) is 8.97. The van der Waals surface area contributed by atoms with Crippen LogP contribution in [-0.4, -0.2) is 11.1 Å². The second-order valence-corrected chi connectivity index (χ2v) is 11.7. The summed E-state index contributed by atoms with van der Waals surface area (Å²) in [6.45, 7) is 19.9. The lowest BCUT2D eigenvalue weighted by Gasteiger charge is -2.02. The zero-order chi connectivity index (χ0) is 29.9. The molecule has 0 unspecified atom stereocenters. The zero-order valence-corrected chi connectivity index (χ0v) is 27.4. The molecule has 0 radical (unpaired) electrons. The van der Waals surface area contributed by atoms with E-state index in [1.54, 1.807) is 0 Å². The molecule has 1 N–H and O–H groups in total. The molecule has 0 aromatic heterocycles. The van der Waals surface area contributed by atoms with Gasteiger partial charge in [0.05, 0.1) is 0 Å². The number of unbranched alkanes of at least 4 members (excludes halogenated alkanes) is 4. The molecule has 224 valence electrons. The highest BCUT2D eigenvalue weighted by Crippen LogP contribution is 2.14. The Kier molecular flexibility index (Phi) is 27.5. The molecule has 0 aliphatic heterocycles. The predicted molar refractivity (Wildman–Crippen MR) is 176 cm³/mol. The molecule has 2 heteroatoms. The molecular weight excluding hydrogens is 476 g/mol. The van der Waals surface area contributed by atoms with Crippen molar-refractivity contribution in [3.8, 4) is 0 Å². The van der Waals surface area contributed by atoms with Gasteiger partial charge >= 0.3 is 5.97 Å². The number of carboxylic acids is 1. The molecular formula is C37H64O2. The lowest BCUT2D eigenvalue weighted by molar-refractivity contribution is -0.137. The lowest BCUT2D eigenvalue weighted by Crippen LogP contribution is -1.92. The summed E-state index contributed by atoms with van der Waals surface area (Å²) in [5.74, 6) is -0.675. The normalized spacial score (nSPS) is 12.5. The highest BCUT2D eigenvalue weighted by atomic mass is 16.4. The second-order valence-electron chi connectivity index (χ2n) is 11.7. The van der Waals surface area contributed by atoms with Crippen molar-refractivity contribution in [3.63, 3.8) is 0 Å². The van der Waals surface area contributed by atoms with Gasteiger partial charge in [0.2, 0.25) is 0 Å². The average Bonchev–Trinajstić information content (AvgIpc) is 2.84. The summed E-state index contributed by atoms with van der Waals surface area (Å²) in [6, 6.07) is 0. The number of allylic oxidation sites excluding steroid dienone is 12. The fourth-order valence-electron chi connectivity index (χ4n) is 4.04.